The number of alkyl halides is 3. The van der Waals surface area contributed by atoms with Crippen LogP contribution in [-0.2, 0) is 35.6 Å². The molecule has 2 aliphatic heterocycles. The van der Waals surface area contributed by atoms with Gasteiger partial charge >= 0.3 is 12.1 Å². The molecule has 3 fully saturated rings. The second kappa shape index (κ2) is 13.1. The van der Waals surface area contributed by atoms with E-state index >= 15 is 4.79 Å². The van der Waals surface area contributed by atoms with Crippen LogP contribution in [0.3, 0.4) is 0 Å². The number of carbonyl (C=O) groups is 5. The Balaban J connectivity index is 1.42. The number of aromatic hydroxyl groups is 1. The van der Waals surface area contributed by atoms with E-state index in [9.17, 15) is 42.6 Å². The Labute approximate surface area is 309 Å². The molecular formula is C36H29Cl2F3N4O8. The molecule has 3 heterocycles. The van der Waals surface area contributed by atoms with Crippen molar-refractivity contribution < 1.29 is 52.1 Å². The number of fused-ring (bicyclic) bond motifs is 4. The number of carbonyl (C=O) groups excluding carboxylic acids is 4. The van der Waals surface area contributed by atoms with Crippen molar-refractivity contribution in [1.29, 1.82) is 0 Å². The summed E-state index contributed by atoms with van der Waals surface area (Å²) in [6, 6.07) is 11.3. The van der Waals surface area contributed by atoms with E-state index in [2.05, 4.69) is 10.4 Å². The number of benzene rings is 2. The highest BCUT2D eigenvalue weighted by molar-refractivity contribution is 6.33. The molecule has 2 aromatic carbocycles. The molecule has 53 heavy (non-hydrogen) atoms. The molecule has 6 atom stereocenters. The fourth-order valence-electron chi connectivity index (χ4n) is 8.52. The van der Waals surface area contributed by atoms with Crippen molar-refractivity contribution in [3.63, 3.8) is 0 Å². The predicted molar refractivity (Wildman–Crippen MR) is 181 cm³/mol. The van der Waals surface area contributed by atoms with Crippen LogP contribution in [0.5, 0.6) is 11.5 Å². The van der Waals surface area contributed by atoms with Crippen molar-refractivity contribution in [2.24, 2.45) is 23.7 Å². The first-order valence-corrected chi connectivity index (χ1v) is 17.1. The summed E-state index contributed by atoms with van der Waals surface area (Å²) in [4.78, 5) is 73.5. The number of pyridine rings is 1. The topological polar surface area (TPSA) is 166 Å². The fraction of sp³-hybridized carbons (Fsp3) is 0.333. The molecular weight excluding hydrogens is 744 g/mol. The number of allylic oxidation sites excluding steroid dienone is 2. The molecule has 4 amide bonds. The SMILES string of the molecule is COc1cc(C2C3=CCC4C(=O)N(CCC(=O)O)C(=O)C4C3CC3C(=O)N(Nc4ncc(C(F)(F)F)cc4Cl)C(=O)C32c2ccc(Cl)cc2)ccc1O. The molecule has 0 bridgehead atoms. The number of phenolic OH excluding ortho intramolecular Hbond substituents is 1. The lowest BCUT2D eigenvalue weighted by molar-refractivity contribution is -0.143. The summed E-state index contributed by atoms with van der Waals surface area (Å²) >= 11 is 12.5. The molecule has 0 radical (unpaired) electrons. The lowest BCUT2D eigenvalue weighted by atomic mass is 9.49. The van der Waals surface area contributed by atoms with Gasteiger partial charge in [-0.15, -0.1) is 0 Å². The minimum atomic E-state index is -4.77. The third kappa shape index (κ3) is 5.68. The van der Waals surface area contributed by atoms with E-state index in [1.807, 2.05) is 0 Å². The molecule has 7 rings (SSSR count). The standard InChI is InChI=1S/C36H29Cl2F3N4O8/c1-53-26-12-16(2-9-25(26)46)29-20-7-8-21-28(33(51)44(31(21)49)11-10-27(47)48)22(20)14-23-32(50)45(34(52)35(23,29)17-3-5-19(37)6-4-17)43-30-24(38)13-18(15-42-30)36(39,40)41/h2-7,9,12-13,15,21-23,28-29,46H,8,10-11,14H2,1H3,(H,42,43)(H,47,48). The quantitative estimate of drug-likeness (QED) is 0.194. The number of aliphatic carboxylic acids is 1. The molecule has 17 heteroatoms. The first-order chi connectivity index (χ1) is 25.1. The van der Waals surface area contributed by atoms with Crippen LogP contribution in [0.2, 0.25) is 10.0 Å². The van der Waals surface area contributed by atoms with Crippen LogP contribution in [0.15, 0.2) is 66.4 Å². The van der Waals surface area contributed by atoms with Gasteiger partial charge in [0.15, 0.2) is 17.3 Å². The van der Waals surface area contributed by atoms with E-state index in [0.717, 1.165) is 4.90 Å². The molecule has 4 aliphatic rings. The van der Waals surface area contributed by atoms with E-state index in [4.69, 9.17) is 27.9 Å². The molecule has 1 saturated carbocycles. The minimum absolute atomic E-state index is 0.0428. The van der Waals surface area contributed by atoms with Gasteiger partial charge in [-0.05, 0) is 60.2 Å². The van der Waals surface area contributed by atoms with E-state index in [1.165, 1.54) is 31.4 Å². The Hall–Kier alpha value is -5.15. The number of likely N-dealkylation sites (tertiary alicyclic amines) is 1. The van der Waals surface area contributed by atoms with Gasteiger partial charge in [-0.25, -0.2) is 4.98 Å². The number of halogens is 5. The number of carboxylic acids is 1. The summed E-state index contributed by atoms with van der Waals surface area (Å²) in [6.07, 6.45) is -3.00. The maximum Gasteiger partial charge on any atom is 0.417 e. The number of carboxylic acid groups (broad SMARTS) is 1. The Morgan fingerprint density at radius 1 is 1.04 bits per heavy atom. The number of ether oxygens (including phenoxy) is 1. The largest absolute Gasteiger partial charge is 0.504 e. The number of phenols is 1. The average Bonchev–Trinajstić information content (AvgIpc) is 3.48. The monoisotopic (exact) mass is 772 g/mol. The number of anilines is 1. The van der Waals surface area contributed by atoms with E-state index in [1.54, 1.807) is 24.3 Å². The summed E-state index contributed by atoms with van der Waals surface area (Å²) in [5.74, 6) is -9.45. The molecule has 276 valence electrons. The van der Waals surface area contributed by atoms with E-state index in [0.29, 0.717) is 39.0 Å². The van der Waals surface area contributed by atoms with Crippen molar-refractivity contribution in [1.82, 2.24) is 14.9 Å². The molecule has 3 aromatic rings. The summed E-state index contributed by atoms with van der Waals surface area (Å²) in [5.41, 5.74) is 0.917. The van der Waals surface area contributed by atoms with Crippen molar-refractivity contribution >= 4 is 58.6 Å². The van der Waals surface area contributed by atoms with Gasteiger partial charge in [0.2, 0.25) is 11.8 Å². The first kappa shape index (κ1) is 36.2. The average molecular weight is 774 g/mol. The second-order valence-electron chi connectivity index (χ2n) is 13.3. The van der Waals surface area contributed by atoms with Gasteiger partial charge in [-0.2, -0.15) is 18.2 Å². The number of hydrogen-bond acceptors (Lipinski definition) is 9. The molecule has 6 unspecified atom stereocenters. The van der Waals surface area contributed by atoms with Crippen LogP contribution < -0.4 is 10.2 Å². The number of hydrazine groups is 1. The Morgan fingerprint density at radius 3 is 2.40 bits per heavy atom. The van der Waals surface area contributed by atoms with Gasteiger partial charge in [0.25, 0.3) is 11.8 Å². The number of imide groups is 2. The van der Waals surface area contributed by atoms with Crippen LogP contribution in [0.1, 0.15) is 41.9 Å². The fourth-order valence-corrected chi connectivity index (χ4v) is 8.86. The van der Waals surface area contributed by atoms with Crippen molar-refractivity contribution in [3.8, 4) is 11.5 Å². The zero-order valence-corrected chi connectivity index (χ0v) is 29.1. The first-order valence-electron chi connectivity index (χ1n) is 16.4. The number of hydrogen-bond donors (Lipinski definition) is 3. The smallest absolute Gasteiger partial charge is 0.417 e. The number of amides is 4. The van der Waals surface area contributed by atoms with Gasteiger partial charge in [0.05, 0.1) is 47.3 Å². The third-order valence-electron chi connectivity index (χ3n) is 10.7. The Kier molecular flexibility index (Phi) is 8.92. The highest BCUT2D eigenvalue weighted by atomic mass is 35.5. The summed E-state index contributed by atoms with van der Waals surface area (Å²) in [7, 11) is 1.33. The molecule has 2 aliphatic carbocycles. The number of nitrogens with one attached hydrogen (secondary N) is 1. The lowest BCUT2D eigenvalue weighted by Gasteiger charge is -2.50. The second-order valence-corrected chi connectivity index (χ2v) is 14.2. The number of aromatic nitrogens is 1. The maximum atomic E-state index is 15.2. The van der Waals surface area contributed by atoms with Crippen molar-refractivity contribution in [2.45, 2.75) is 36.8 Å². The van der Waals surface area contributed by atoms with Crippen molar-refractivity contribution in [3.05, 3.63) is 93.1 Å². The highest BCUT2D eigenvalue weighted by Crippen LogP contribution is 2.64. The van der Waals surface area contributed by atoms with Gasteiger partial charge in [0.1, 0.15) is 0 Å². The zero-order valence-electron chi connectivity index (χ0n) is 27.6. The molecule has 2 saturated heterocycles. The Morgan fingerprint density at radius 2 is 1.75 bits per heavy atom. The number of rotatable bonds is 8. The Bertz CT molecular complexity index is 2110. The van der Waals surface area contributed by atoms with Crippen LogP contribution in [0, 0.1) is 23.7 Å². The highest BCUT2D eigenvalue weighted by Gasteiger charge is 2.70. The van der Waals surface area contributed by atoms with Crippen LogP contribution in [0.4, 0.5) is 19.0 Å². The lowest BCUT2D eigenvalue weighted by Crippen LogP contribution is -2.53. The van der Waals surface area contributed by atoms with Gasteiger partial charge in [-0.3, -0.25) is 34.3 Å². The van der Waals surface area contributed by atoms with Gasteiger partial charge < -0.3 is 14.9 Å². The van der Waals surface area contributed by atoms with Crippen LogP contribution >= 0.6 is 23.2 Å². The van der Waals surface area contributed by atoms with Gasteiger partial charge in [-0.1, -0.05) is 53.1 Å². The zero-order chi connectivity index (χ0) is 38.1. The maximum absolute atomic E-state index is 15.2. The van der Waals surface area contributed by atoms with E-state index in [-0.39, 0.29) is 30.9 Å². The summed E-state index contributed by atoms with van der Waals surface area (Å²) in [6.45, 7) is -0.339. The molecule has 0 spiro atoms. The van der Waals surface area contributed by atoms with Crippen LogP contribution in [0.25, 0.3) is 0 Å². The molecule has 12 nitrogen and oxygen atoms in total. The predicted octanol–water partition coefficient (Wildman–Crippen LogP) is 5.58. The minimum Gasteiger partial charge on any atom is -0.504 e. The normalized spacial score (nSPS) is 26.6. The van der Waals surface area contributed by atoms with Crippen molar-refractivity contribution in [2.75, 3.05) is 19.1 Å². The number of nitrogens with zero attached hydrogens (tertiary/aromatic N) is 3. The van der Waals surface area contributed by atoms with Gasteiger partial charge in [0, 0.05) is 23.7 Å². The summed E-state index contributed by atoms with van der Waals surface area (Å²) in [5, 5.41) is 20.3. The third-order valence-corrected chi connectivity index (χ3v) is 11.3. The summed E-state index contributed by atoms with van der Waals surface area (Å²) < 4.78 is 45.7. The van der Waals surface area contributed by atoms with Crippen LogP contribution in [-0.4, -0.2) is 68.4 Å². The van der Waals surface area contributed by atoms with E-state index < -0.39 is 93.6 Å². The molecule has 3 N–H and O–H groups in total. The molecule has 1 aromatic heterocycles. The number of methoxy groups -OCH3 is 1.